The van der Waals surface area contributed by atoms with Crippen LogP contribution in [0.2, 0.25) is 0 Å². The van der Waals surface area contributed by atoms with Gasteiger partial charge in [0.1, 0.15) is 47.5 Å². The summed E-state index contributed by atoms with van der Waals surface area (Å²) in [6.45, 7) is 22.5. The van der Waals surface area contributed by atoms with Crippen LogP contribution in [0.3, 0.4) is 0 Å². The number of ketones is 2. The molecule has 418 valence electrons. The Balaban J connectivity index is 1.32. The summed E-state index contributed by atoms with van der Waals surface area (Å²) in [5, 5.41) is 30.3. The summed E-state index contributed by atoms with van der Waals surface area (Å²) in [5.41, 5.74) is -1.88. The molecule has 1 spiro atoms. The number of phenolic OH excluding ortho intramolecular Hbond substituents is 1. The number of nitrogens with zero attached hydrogens (tertiary/aromatic N) is 3. The van der Waals surface area contributed by atoms with Crippen molar-refractivity contribution in [1.82, 2.24) is 20.4 Å². The maximum atomic E-state index is 14.9. The molecule has 21 heteroatoms. The van der Waals surface area contributed by atoms with Crippen LogP contribution in [0.5, 0.6) is 11.5 Å². The fraction of sp³-hybridized carbons (Fsp3) is 0.618. The van der Waals surface area contributed by atoms with Crippen LogP contribution in [0.25, 0.3) is 0 Å². The molecule has 1 saturated heterocycles. The molecule has 5 aliphatic heterocycles. The van der Waals surface area contributed by atoms with E-state index in [1.54, 1.807) is 50.9 Å². The minimum absolute atomic E-state index is 0.0476. The van der Waals surface area contributed by atoms with Crippen LogP contribution in [0.15, 0.2) is 52.5 Å². The summed E-state index contributed by atoms with van der Waals surface area (Å²) in [4.78, 5) is 109. The van der Waals surface area contributed by atoms with E-state index in [9.17, 15) is 53.3 Å². The highest BCUT2D eigenvalue weighted by atomic mass is 31.2. The summed E-state index contributed by atoms with van der Waals surface area (Å²) >= 11 is 0. The number of aliphatic imine (C=N–C) groups is 1. The number of piperidine rings is 1. The van der Waals surface area contributed by atoms with Gasteiger partial charge in [-0.3, -0.25) is 38.4 Å². The molecule has 7 rings (SSSR count). The Hall–Kier alpha value is -5.50. The molecule has 1 unspecified atom stereocenters. The Morgan fingerprint density at radius 2 is 1.63 bits per heavy atom. The van der Waals surface area contributed by atoms with Gasteiger partial charge in [-0.15, -0.1) is 0 Å². The van der Waals surface area contributed by atoms with Crippen molar-refractivity contribution in [2.45, 2.75) is 131 Å². The Morgan fingerprint density at radius 1 is 0.961 bits per heavy atom. The number of hydrogen-bond donors (Lipinski definition) is 6. The van der Waals surface area contributed by atoms with Crippen LogP contribution >= 0.6 is 7.60 Å². The zero-order chi connectivity index (χ0) is 56.4. The number of benzene rings is 1. The van der Waals surface area contributed by atoms with Crippen LogP contribution in [-0.2, 0) is 38.0 Å². The Bertz CT molecular complexity index is 2650. The van der Waals surface area contributed by atoms with Crippen molar-refractivity contribution in [1.29, 1.82) is 0 Å². The Kier molecular flexibility index (Phi) is 18.9. The van der Waals surface area contributed by atoms with Gasteiger partial charge >= 0.3 is 25.3 Å². The molecule has 76 heavy (non-hydrogen) atoms. The molecule has 1 amide bonds. The third-order valence-corrected chi connectivity index (χ3v) is 17.3. The zero-order valence-electron chi connectivity index (χ0n) is 45.9. The molecular formula is C55H78N5O15P. The van der Waals surface area contributed by atoms with Crippen molar-refractivity contribution >= 4 is 49.0 Å². The lowest BCUT2D eigenvalue weighted by molar-refractivity contribution is -0.159. The lowest BCUT2D eigenvalue weighted by Gasteiger charge is -2.38. The second-order valence-electron chi connectivity index (χ2n) is 22.2. The normalized spacial score (nSPS) is 30.1. The average Bonchev–Trinajstić information content (AvgIpc) is 3.85. The van der Waals surface area contributed by atoms with Gasteiger partial charge in [-0.2, -0.15) is 0 Å². The number of aliphatic hydroxyl groups is 1. The summed E-state index contributed by atoms with van der Waals surface area (Å²) < 4.78 is 35.3. The van der Waals surface area contributed by atoms with Crippen LogP contribution < -0.4 is 15.4 Å². The van der Waals surface area contributed by atoms with Gasteiger partial charge in [0.15, 0.2) is 0 Å². The van der Waals surface area contributed by atoms with Crippen LogP contribution in [-0.4, -0.2) is 147 Å². The lowest BCUT2D eigenvalue weighted by atomic mass is 9.72. The lowest BCUT2D eigenvalue weighted by Crippen LogP contribution is -2.50. The molecule has 10 atom stereocenters. The van der Waals surface area contributed by atoms with E-state index in [4.69, 9.17) is 23.9 Å². The molecule has 1 fully saturated rings. The third-order valence-electron chi connectivity index (χ3n) is 16.0. The van der Waals surface area contributed by atoms with Crippen molar-refractivity contribution in [3.8, 4) is 11.5 Å². The second-order valence-corrected chi connectivity index (χ2v) is 24.1. The van der Waals surface area contributed by atoms with E-state index in [2.05, 4.69) is 29.4 Å². The number of carbonyl (C=O) groups is 6. The first kappa shape index (κ1) is 59.7. The monoisotopic (exact) mass is 1080 g/mol. The largest absolute Gasteiger partial charge is 0.507 e. The van der Waals surface area contributed by atoms with Crippen molar-refractivity contribution in [3.63, 3.8) is 0 Å². The molecule has 1 aliphatic carbocycles. The first-order valence-corrected chi connectivity index (χ1v) is 28.0. The van der Waals surface area contributed by atoms with E-state index in [1.165, 1.54) is 13.2 Å². The van der Waals surface area contributed by atoms with E-state index in [0.717, 1.165) is 6.54 Å². The first-order chi connectivity index (χ1) is 35.5. The Morgan fingerprint density at radius 3 is 2.26 bits per heavy atom. The highest BCUT2D eigenvalue weighted by Gasteiger charge is 2.54. The quantitative estimate of drug-likeness (QED) is 0.0809. The number of likely N-dealkylation sites (N-methyl/N-ethyl adjacent to an activating group) is 1. The number of esters is 2. The molecule has 0 saturated carbocycles. The maximum absolute atomic E-state index is 14.9. The summed E-state index contributed by atoms with van der Waals surface area (Å²) in [6, 6.07) is 0. The van der Waals surface area contributed by atoms with E-state index in [1.807, 2.05) is 40.7 Å². The number of ether oxygens (including phenoxy) is 4. The van der Waals surface area contributed by atoms with Gasteiger partial charge in [0.25, 0.3) is 11.7 Å². The van der Waals surface area contributed by atoms with Crippen molar-refractivity contribution in [2.24, 2.45) is 46.4 Å². The summed E-state index contributed by atoms with van der Waals surface area (Å²) in [7, 11) is -3.11. The van der Waals surface area contributed by atoms with Gasteiger partial charge in [-0.1, -0.05) is 73.6 Å². The Labute approximate surface area is 445 Å². The maximum Gasteiger partial charge on any atom is 0.335 e. The highest BCUT2D eigenvalue weighted by molar-refractivity contribution is 7.53. The minimum Gasteiger partial charge on any atom is -0.507 e. The molecule has 1 aromatic carbocycles. The number of aliphatic hydroxyl groups excluding tert-OH is 1. The highest BCUT2D eigenvalue weighted by Crippen LogP contribution is 2.50. The third kappa shape index (κ3) is 12.9. The number of Topliss-reactive ketones (excluding diaryl/α,β-unsaturated/α-hetero) is 2. The van der Waals surface area contributed by atoms with Gasteiger partial charge in [0.05, 0.1) is 41.4 Å². The summed E-state index contributed by atoms with van der Waals surface area (Å²) in [6.07, 6.45) is 6.75. The smallest absolute Gasteiger partial charge is 0.335 e. The van der Waals surface area contributed by atoms with Gasteiger partial charge < -0.3 is 59.3 Å². The molecule has 5 heterocycles. The molecular weight excluding hydrogens is 1000 g/mol. The molecule has 20 nitrogen and oxygen atoms in total. The fourth-order valence-electron chi connectivity index (χ4n) is 10.7. The van der Waals surface area contributed by atoms with Crippen LogP contribution in [0.4, 0.5) is 0 Å². The molecule has 1 aromatic rings. The number of aromatic hydroxyl groups is 1. The van der Waals surface area contributed by atoms with Crippen molar-refractivity contribution in [2.75, 3.05) is 46.4 Å². The van der Waals surface area contributed by atoms with Crippen LogP contribution in [0.1, 0.15) is 127 Å². The first-order valence-electron chi connectivity index (χ1n) is 26.3. The van der Waals surface area contributed by atoms with Crippen LogP contribution in [0, 0.1) is 48.3 Å². The topological polar surface area (TPSA) is 280 Å². The number of rotatable bonds is 13. The van der Waals surface area contributed by atoms with Gasteiger partial charge in [-0.25, -0.2) is 0 Å². The standard InChI is InChI=1S/C55H78N5O15P/c1-29(2)26-60-21-19-55(20-22-60)57-44-41-42-48(65)37(10)51-43(41)52(67)54(11,75-51)73-24-18-30(3)33(6)34(7)35(8)47(64)36(9)50(31(4)14-13-15-32(5)53(68)56-46(49(42)66)45(44)58-55)74-40(63)27-59(12)23-25-72-39(62)17-16-38(28-61)76(69,70)71/h13-15,18,24,28-31,33-36,38,47,50,58,64-65H,16-17,19-23,25-27H2,1-12H3,(H,56,68)(H2,69,70,71)/b14-13+,24-18+,32-15-/t30-,31-,33+,34+,35-,36-,38?,47-,50-,54-/m0/s1. The number of phenols is 1. The van der Waals surface area contributed by atoms with Crippen molar-refractivity contribution < 1.29 is 72.3 Å². The summed E-state index contributed by atoms with van der Waals surface area (Å²) in [5.74, 6) is -6.96. The number of carbonyl (C=O) groups excluding carboxylic acids is 6. The van der Waals surface area contributed by atoms with E-state index >= 15 is 0 Å². The average molecular weight is 1080 g/mol. The molecule has 5 bridgehead atoms. The fourth-order valence-corrected chi connectivity index (χ4v) is 11.3. The number of aldehydes is 1. The van der Waals surface area contributed by atoms with E-state index in [0.29, 0.717) is 31.8 Å². The van der Waals surface area contributed by atoms with Gasteiger partial charge in [0, 0.05) is 80.9 Å². The van der Waals surface area contributed by atoms with Crippen molar-refractivity contribution in [3.05, 3.63) is 69.8 Å². The van der Waals surface area contributed by atoms with E-state index < -0.39 is 90.3 Å². The van der Waals surface area contributed by atoms with Gasteiger partial charge in [-0.05, 0) is 63.0 Å². The number of hydrogen-bond acceptors (Lipinski definition) is 17. The predicted molar refractivity (Wildman–Crippen MR) is 282 cm³/mol. The number of nitrogens with one attached hydrogen (secondary N) is 2. The molecule has 0 aromatic heterocycles. The SMILES string of the molecule is C/C1=C/C=C/[C@H](C)[C@H](OC(=O)CN(C)CCOC(=O)CCC(C=O)P(=O)(O)O)[C@@H](C)[C@@H](O)[C@@H](C)[C@H](C)[C@H](C)[C@@H](C)/C=C/O[C@@]2(C)Oc3c(C)c(O)c4c(c3C2=O)C2=NC3(CCN(CC(C)C)CC3)NC2=C(NC1=O)C4=O. The molecule has 6 N–H and O–H groups in total. The second kappa shape index (κ2) is 24.0. The number of likely N-dealkylation sites (tertiary alicyclic amines) is 1. The van der Waals surface area contributed by atoms with E-state index in [-0.39, 0.29) is 107 Å². The zero-order valence-corrected chi connectivity index (χ0v) is 46.8. The molecule has 0 radical (unpaired) electrons. The minimum atomic E-state index is -4.71. The van der Waals surface area contributed by atoms with Gasteiger partial charge in [0.2, 0.25) is 5.78 Å². The molecule has 6 aliphatic rings. The number of amides is 1. The number of fused-ring (bicyclic) bond motifs is 13. The predicted octanol–water partition coefficient (Wildman–Crippen LogP) is 5.49. The number of allylic oxidation sites excluding steroid dienone is 5.